The van der Waals surface area contributed by atoms with Crippen LogP contribution in [-0.4, -0.2) is 54.4 Å². The molecule has 1 heterocycles. The summed E-state index contributed by atoms with van der Waals surface area (Å²) in [5.41, 5.74) is 0. The van der Waals surface area contributed by atoms with Crippen molar-refractivity contribution in [2.45, 2.75) is 38.6 Å². The van der Waals surface area contributed by atoms with Crippen LogP contribution in [0.2, 0.25) is 0 Å². The smallest absolute Gasteiger partial charge is 0.307 e. The van der Waals surface area contributed by atoms with Gasteiger partial charge in [-0.2, -0.15) is 0 Å². The number of rotatable bonds is 2. The molecule has 1 aliphatic carbocycles. The molecule has 6 nitrogen and oxygen atoms in total. The molecule has 0 aromatic carbocycles. The first kappa shape index (κ1) is 15.3. The molecule has 1 aliphatic heterocycles. The van der Waals surface area contributed by atoms with Gasteiger partial charge in [-0.3, -0.25) is 9.59 Å². The minimum atomic E-state index is -3.07. The molecular weight excluding hydrogens is 282 g/mol. The van der Waals surface area contributed by atoms with E-state index in [0.717, 1.165) is 12.8 Å². The number of sulfone groups is 1. The molecule has 1 saturated heterocycles. The molecule has 2 fully saturated rings. The Morgan fingerprint density at radius 2 is 1.75 bits per heavy atom. The molecule has 2 rings (SSSR count). The van der Waals surface area contributed by atoms with Gasteiger partial charge >= 0.3 is 5.97 Å². The summed E-state index contributed by atoms with van der Waals surface area (Å²) in [6.07, 6.45) is 2.82. The predicted molar refractivity (Wildman–Crippen MR) is 72.9 cm³/mol. The zero-order valence-electron chi connectivity index (χ0n) is 11.6. The van der Waals surface area contributed by atoms with Crippen LogP contribution in [0.4, 0.5) is 0 Å². The van der Waals surface area contributed by atoms with Crippen molar-refractivity contribution in [3.8, 4) is 0 Å². The number of aliphatic carboxylic acids is 1. The largest absolute Gasteiger partial charge is 0.481 e. The van der Waals surface area contributed by atoms with Crippen LogP contribution in [0.15, 0.2) is 0 Å². The Balaban J connectivity index is 2.12. The molecule has 1 saturated carbocycles. The Kier molecular flexibility index (Phi) is 4.36. The highest BCUT2D eigenvalue weighted by Crippen LogP contribution is 2.32. The third-order valence-corrected chi connectivity index (χ3v) is 6.15. The fourth-order valence-corrected chi connectivity index (χ4v) is 4.82. The quantitative estimate of drug-likeness (QED) is 0.803. The van der Waals surface area contributed by atoms with Crippen LogP contribution in [0.3, 0.4) is 0 Å². The van der Waals surface area contributed by atoms with E-state index in [4.69, 9.17) is 0 Å². The molecule has 20 heavy (non-hydrogen) atoms. The van der Waals surface area contributed by atoms with Gasteiger partial charge in [0.1, 0.15) is 0 Å². The molecule has 1 N–H and O–H groups in total. The van der Waals surface area contributed by atoms with Crippen molar-refractivity contribution in [1.82, 2.24) is 4.90 Å². The van der Waals surface area contributed by atoms with Crippen LogP contribution in [0, 0.1) is 11.8 Å². The Morgan fingerprint density at radius 1 is 1.15 bits per heavy atom. The highest BCUT2D eigenvalue weighted by atomic mass is 32.2. The van der Waals surface area contributed by atoms with Crippen LogP contribution >= 0.6 is 0 Å². The van der Waals surface area contributed by atoms with E-state index < -0.39 is 27.6 Å². The van der Waals surface area contributed by atoms with Gasteiger partial charge in [0.05, 0.1) is 23.3 Å². The summed E-state index contributed by atoms with van der Waals surface area (Å²) in [7, 11) is -3.07. The lowest BCUT2D eigenvalue weighted by Crippen LogP contribution is -2.53. The number of carbonyl (C=O) groups excluding carboxylic acids is 1. The van der Waals surface area contributed by atoms with Gasteiger partial charge in [0, 0.05) is 12.6 Å². The van der Waals surface area contributed by atoms with Gasteiger partial charge in [-0.05, 0) is 19.8 Å². The van der Waals surface area contributed by atoms with Crippen molar-refractivity contribution in [3.05, 3.63) is 0 Å². The van der Waals surface area contributed by atoms with Crippen molar-refractivity contribution in [2.75, 3.05) is 18.1 Å². The van der Waals surface area contributed by atoms with Crippen molar-refractivity contribution < 1.29 is 23.1 Å². The van der Waals surface area contributed by atoms with Crippen LogP contribution in [0.1, 0.15) is 32.6 Å². The Morgan fingerprint density at radius 3 is 2.30 bits per heavy atom. The second kappa shape index (κ2) is 5.71. The first-order chi connectivity index (χ1) is 9.32. The molecular formula is C13H21NO5S. The predicted octanol–water partition coefficient (Wildman–Crippen LogP) is 0.523. The van der Waals surface area contributed by atoms with Crippen molar-refractivity contribution in [2.24, 2.45) is 11.8 Å². The van der Waals surface area contributed by atoms with E-state index in [2.05, 4.69) is 0 Å². The van der Waals surface area contributed by atoms with E-state index in [-0.39, 0.29) is 30.0 Å². The van der Waals surface area contributed by atoms with Crippen molar-refractivity contribution in [1.29, 1.82) is 0 Å². The van der Waals surface area contributed by atoms with Gasteiger partial charge in [-0.1, -0.05) is 12.8 Å². The maximum absolute atomic E-state index is 12.6. The minimum absolute atomic E-state index is 0.0203. The van der Waals surface area contributed by atoms with Gasteiger partial charge in [-0.25, -0.2) is 8.42 Å². The molecule has 0 bridgehead atoms. The van der Waals surface area contributed by atoms with Crippen molar-refractivity contribution >= 4 is 21.7 Å². The fourth-order valence-electron chi connectivity index (χ4n) is 3.26. The molecule has 114 valence electrons. The van der Waals surface area contributed by atoms with Crippen LogP contribution in [-0.2, 0) is 19.4 Å². The van der Waals surface area contributed by atoms with E-state index in [9.17, 15) is 23.1 Å². The average molecular weight is 303 g/mol. The van der Waals surface area contributed by atoms with Gasteiger partial charge in [0.2, 0.25) is 5.91 Å². The van der Waals surface area contributed by atoms with Crippen LogP contribution in [0.25, 0.3) is 0 Å². The summed E-state index contributed by atoms with van der Waals surface area (Å²) in [4.78, 5) is 25.4. The number of hydrogen-bond donors (Lipinski definition) is 1. The highest BCUT2D eigenvalue weighted by Gasteiger charge is 2.41. The lowest BCUT2D eigenvalue weighted by atomic mass is 9.78. The highest BCUT2D eigenvalue weighted by molar-refractivity contribution is 7.91. The fraction of sp³-hybridized carbons (Fsp3) is 0.846. The first-order valence-electron chi connectivity index (χ1n) is 7.05. The minimum Gasteiger partial charge on any atom is -0.481 e. The van der Waals surface area contributed by atoms with E-state index in [0.29, 0.717) is 12.8 Å². The first-order valence-corrected chi connectivity index (χ1v) is 8.87. The molecule has 3 atom stereocenters. The zero-order valence-corrected chi connectivity index (χ0v) is 12.4. The Hall–Kier alpha value is -1.11. The van der Waals surface area contributed by atoms with Crippen LogP contribution < -0.4 is 0 Å². The third-order valence-electron chi connectivity index (χ3n) is 4.35. The molecule has 0 spiro atoms. The maximum Gasteiger partial charge on any atom is 0.307 e. The number of amides is 1. The molecule has 0 radical (unpaired) electrons. The summed E-state index contributed by atoms with van der Waals surface area (Å²) >= 11 is 0. The zero-order chi connectivity index (χ0) is 14.9. The SMILES string of the molecule is CC1CS(=O)(=O)CCN1C(=O)[C@@H]1CCCC[C@@H]1C(=O)O. The van der Waals surface area contributed by atoms with E-state index in [1.54, 1.807) is 11.8 Å². The number of carboxylic acids is 1. The van der Waals surface area contributed by atoms with Crippen LogP contribution in [0.5, 0.6) is 0 Å². The van der Waals surface area contributed by atoms with Gasteiger partial charge in [0.15, 0.2) is 9.84 Å². The lowest BCUT2D eigenvalue weighted by Gasteiger charge is -2.38. The van der Waals surface area contributed by atoms with Crippen molar-refractivity contribution in [3.63, 3.8) is 0 Å². The van der Waals surface area contributed by atoms with Gasteiger partial charge in [-0.15, -0.1) is 0 Å². The van der Waals surface area contributed by atoms with E-state index >= 15 is 0 Å². The van der Waals surface area contributed by atoms with Gasteiger partial charge < -0.3 is 10.0 Å². The molecule has 0 aromatic rings. The molecule has 1 amide bonds. The summed E-state index contributed by atoms with van der Waals surface area (Å²) in [5.74, 6) is -2.26. The lowest BCUT2D eigenvalue weighted by molar-refractivity contribution is -0.153. The standard InChI is InChI=1S/C13H21NO5S/c1-9-8-20(18,19)7-6-14(9)12(15)10-4-2-3-5-11(10)13(16)17/h9-11H,2-8H2,1H3,(H,16,17)/t9?,10-,11+/m1/s1. The number of hydrogen-bond acceptors (Lipinski definition) is 4. The third kappa shape index (κ3) is 3.13. The Bertz CT molecular complexity index is 501. The molecule has 0 aromatic heterocycles. The van der Waals surface area contributed by atoms with E-state index in [1.165, 1.54) is 0 Å². The number of carbonyl (C=O) groups is 2. The summed E-state index contributed by atoms with van der Waals surface area (Å²) in [6, 6.07) is -0.363. The number of nitrogens with zero attached hydrogens (tertiary/aromatic N) is 1. The maximum atomic E-state index is 12.6. The topological polar surface area (TPSA) is 91.8 Å². The van der Waals surface area contributed by atoms with E-state index in [1.807, 2.05) is 0 Å². The second-order valence-corrected chi connectivity index (χ2v) is 8.06. The summed E-state index contributed by atoms with van der Waals surface area (Å²) < 4.78 is 23.1. The second-order valence-electron chi connectivity index (χ2n) is 5.83. The molecule has 2 aliphatic rings. The Labute approximate surface area is 119 Å². The number of carboxylic acid groups (broad SMARTS) is 1. The summed E-state index contributed by atoms with van der Waals surface area (Å²) in [5, 5.41) is 9.24. The molecule has 1 unspecified atom stereocenters. The normalized spacial score (nSPS) is 33.6. The van der Waals surface area contributed by atoms with Gasteiger partial charge in [0.25, 0.3) is 0 Å². The average Bonchev–Trinajstić information content (AvgIpc) is 2.37. The summed E-state index contributed by atoms with van der Waals surface area (Å²) in [6.45, 7) is 1.90. The monoisotopic (exact) mass is 303 g/mol. The molecule has 7 heteroatoms.